The van der Waals surface area contributed by atoms with E-state index in [9.17, 15) is 8.42 Å². The van der Waals surface area contributed by atoms with Gasteiger partial charge < -0.3 is 5.73 Å². The summed E-state index contributed by atoms with van der Waals surface area (Å²) in [6.07, 6.45) is 4.28. The molecule has 0 aliphatic carbocycles. The average Bonchev–Trinajstić information content (AvgIpc) is 2.43. The van der Waals surface area contributed by atoms with E-state index in [2.05, 4.69) is 22.9 Å². The zero-order chi connectivity index (χ0) is 14.8. The number of hydrogen-bond acceptors (Lipinski definition) is 3. The first-order valence-electron chi connectivity index (χ1n) is 7.00. The predicted octanol–water partition coefficient (Wildman–Crippen LogP) is 3.23. The highest BCUT2D eigenvalue weighted by molar-refractivity contribution is 9.10. The van der Waals surface area contributed by atoms with Crippen LogP contribution < -0.4 is 5.73 Å². The van der Waals surface area contributed by atoms with Crippen LogP contribution in [0.15, 0.2) is 27.6 Å². The molecule has 1 aliphatic rings. The fourth-order valence-corrected chi connectivity index (χ4v) is 4.43. The average molecular weight is 361 g/mol. The maximum absolute atomic E-state index is 12.6. The number of rotatable bonds is 4. The molecule has 1 aliphatic heterocycles. The maximum Gasteiger partial charge on any atom is 0.243 e. The molecule has 6 heteroatoms. The molecule has 20 heavy (non-hydrogen) atoms. The van der Waals surface area contributed by atoms with E-state index in [0.29, 0.717) is 24.7 Å². The molecule has 1 aromatic carbocycles. The summed E-state index contributed by atoms with van der Waals surface area (Å²) in [4.78, 5) is 0.284. The van der Waals surface area contributed by atoms with Crippen molar-refractivity contribution in [2.24, 2.45) is 5.92 Å². The Morgan fingerprint density at radius 1 is 1.35 bits per heavy atom. The van der Waals surface area contributed by atoms with Crippen molar-refractivity contribution in [1.82, 2.24) is 4.31 Å². The Morgan fingerprint density at radius 2 is 2.00 bits per heavy atom. The van der Waals surface area contributed by atoms with Gasteiger partial charge in [0.1, 0.15) is 0 Å². The first-order chi connectivity index (χ1) is 9.45. The topological polar surface area (TPSA) is 63.4 Å². The second-order valence-electron chi connectivity index (χ2n) is 5.32. The molecule has 0 saturated carbocycles. The van der Waals surface area contributed by atoms with Crippen molar-refractivity contribution in [2.45, 2.75) is 37.5 Å². The lowest BCUT2D eigenvalue weighted by molar-refractivity contribution is 0.262. The molecule has 0 aromatic heterocycles. The van der Waals surface area contributed by atoms with Gasteiger partial charge >= 0.3 is 0 Å². The zero-order valence-electron chi connectivity index (χ0n) is 11.7. The molecule has 2 rings (SSSR count). The fraction of sp³-hybridized carbons (Fsp3) is 0.571. The monoisotopic (exact) mass is 360 g/mol. The normalized spacial score (nSPS) is 18.3. The molecule has 112 valence electrons. The lowest BCUT2D eigenvalue weighted by atomic mass is 9.94. The van der Waals surface area contributed by atoms with Crippen molar-refractivity contribution in [2.75, 3.05) is 18.8 Å². The van der Waals surface area contributed by atoms with Crippen molar-refractivity contribution in [3.8, 4) is 0 Å². The first kappa shape index (κ1) is 15.8. The van der Waals surface area contributed by atoms with Crippen LogP contribution in [0.2, 0.25) is 0 Å². The summed E-state index contributed by atoms with van der Waals surface area (Å²) < 4.78 is 27.4. The third-order valence-corrected chi connectivity index (χ3v) is 6.49. The minimum atomic E-state index is -3.41. The van der Waals surface area contributed by atoms with Crippen LogP contribution in [-0.2, 0) is 10.0 Å². The molecule has 1 fully saturated rings. The third kappa shape index (κ3) is 3.35. The van der Waals surface area contributed by atoms with Gasteiger partial charge in [0, 0.05) is 23.2 Å². The number of halogens is 1. The summed E-state index contributed by atoms with van der Waals surface area (Å²) in [6.45, 7) is 3.40. The molecule has 4 nitrogen and oxygen atoms in total. The Labute approximate surface area is 129 Å². The Bertz CT molecular complexity index is 567. The highest BCUT2D eigenvalue weighted by atomic mass is 79.9. The van der Waals surface area contributed by atoms with Crippen molar-refractivity contribution in [3.05, 3.63) is 22.7 Å². The Morgan fingerprint density at radius 3 is 2.55 bits per heavy atom. The van der Waals surface area contributed by atoms with Crippen LogP contribution in [-0.4, -0.2) is 25.8 Å². The molecule has 1 aromatic rings. The molecule has 0 spiro atoms. The van der Waals surface area contributed by atoms with E-state index < -0.39 is 10.0 Å². The second-order valence-corrected chi connectivity index (χ2v) is 8.11. The highest BCUT2D eigenvalue weighted by Crippen LogP contribution is 2.28. The van der Waals surface area contributed by atoms with Gasteiger partial charge in [0.05, 0.1) is 4.90 Å². The van der Waals surface area contributed by atoms with Crippen LogP contribution in [0, 0.1) is 5.92 Å². The molecule has 0 atom stereocenters. The Hall–Kier alpha value is -0.590. The second kappa shape index (κ2) is 6.45. The molecule has 2 N–H and O–H groups in total. The Kier molecular flexibility index (Phi) is 5.09. The minimum Gasteiger partial charge on any atom is -0.398 e. The number of hydrogen-bond donors (Lipinski definition) is 1. The van der Waals surface area contributed by atoms with Crippen LogP contribution >= 0.6 is 15.9 Å². The first-order valence-corrected chi connectivity index (χ1v) is 9.23. The summed E-state index contributed by atoms with van der Waals surface area (Å²) in [7, 11) is -3.41. The minimum absolute atomic E-state index is 0.284. The van der Waals surface area contributed by atoms with E-state index in [0.717, 1.165) is 17.3 Å². The number of benzene rings is 1. The summed E-state index contributed by atoms with van der Waals surface area (Å²) in [5.41, 5.74) is 6.23. The van der Waals surface area contributed by atoms with Crippen LogP contribution in [0.1, 0.15) is 32.6 Å². The van der Waals surface area contributed by atoms with E-state index in [4.69, 9.17) is 5.73 Å². The van der Waals surface area contributed by atoms with Gasteiger partial charge in [-0.05, 0) is 52.9 Å². The van der Waals surface area contributed by atoms with Gasteiger partial charge in [-0.25, -0.2) is 8.42 Å². The van der Waals surface area contributed by atoms with Gasteiger partial charge in [-0.15, -0.1) is 0 Å². The maximum atomic E-state index is 12.6. The van der Waals surface area contributed by atoms with Crippen molar-refractivity contribution >= 4 is 31.6 Å². The van der Waals surface area contributed by atoms with Gasteiger partial charge in [-0.1, -0.05) is 19.8 Å². The van der Waals surface area contributed by atoms with Crippen molar-refractivity contribution in [1.29, 1.82) is 0 Å². The molecule has 0 unspecified atom stereocenters. The number of piperidine rings is 1. The third-order valence-electron chi connectivity index (χ3n) is 3.88. The van der Waals surface area contributed by atoms with E-state index in [1.807, 2.05) is 0 Å². The number of nitrogen functional groups attached to an aromatic ring is 1. The van der Waals surface area contributed by atoms with E-state index >= 15 is 0 Å². The summed E-state index contributed by atoms with van der Waals surface area (Å²) in [5.74, 6) is 0.668. The number of anilines is 1. The van der Waals surface area contributed by atoms with Crippen LogP contribution in [0.3, 0.4) is 0 Å². The molecule has 0 bridgehead atoms. The molecular formula is C14H21BrN2O2S. The van der Waals surface area contributed by atoms with Gasteiger partial charge in [-0.3, -0.25) is 0 Å². The highest BCUT2D eigenvalue weighted by Gasteiger charge is 2.29. The van der Waals surface area contributed by atoms with Gasteiger partial charge in [0.25, 0.3) is 0 Å². The van der Waals surface area contributed by atoms with Gasteiger partial charge in [-0.2, -0.15) is 4.31 Å². The molecule has 1 heterocycles. The lowest BCUT2D eigenvalue weighted by Gasteiger charge is -2.31. The summed E-state index contributed by atoms with van der Waals surface area (Å²) in [5, 5.41) is 0. The van der Waals surface area contributed by atoms with Crippen molar-refractivity contribution in [3.63, 3.8) is 0 Å². The van der Waals surface area contributed by atoms with E-state index in [1.54, 1.807) is 16.4 Å². The van der Waals surface area contributed by atoms with Crippen molar-refractivity contribution < 1.29 is 8.42 Å². The number of sulfonamides is 1. The zero-order valence-corrected chi connectivity index (χ0v) is 14.1. The molecule has 0 radical (unpaired) electrons. The molecule has 1 saturated heterocycles. The van der Waals surface area contributed by atoms with Gasteiger partial charge in [0.15, 0.2) is 0 Å². The standard InChI is InChI=1S/C14H21BrN2O2S/c1-2-3-11-6-8-17(9-7-11)20(18,19)12-4-5-13(15)14(16)10-12/h4-5,10-11H,2-3,6-9,16H2,1H3. The van der Waals surface area contributed by atoms with E-state index in [-0.39, 0.29) is 4.90 Å². The largest absolute Gasteiger partial charge is 0.398 e. The Balaban J connectivity index is 2.13. The number of nitrogens with zero attached hydrogens (tertiary/aromatic N) is 1. The number of nitrogens with two attached hydrogens (primary N) is 1. The predicted molar refractivity (Wildman–Crippen MR) is 84.9 cm³/mol. The summed E-state index contributed by atoms with van der Waals surface area (Å²) >= 11 is 3.28. The SMILES string of the molecule is CCCC1CCN(S(=O)(=O)c2ccc(Br)c(N)c2)CC1. The van der Waals surface area contributed by atoms with Crippen LogP contribution in [0.5, 0.6) is 0 Å². The van der Waals surface area contributed by atoms with Crippen LogP contribution in [0.4, 0.5) is 5.69 Å². The quantitative estimate of drug-likeness (QED) is 0.838. The summed E-state index contributed by atoms with van der Waals surface area (Å²) in [6, 6.07) is 4.82. The lowest BCUT2D eigenvalue weighted by Crippen LogP contribution is -2.38. The molecular weight excluding hydrogens is 340 g/mol. The van der Waals surface area contributed by atoms with E-state index in [1.165, 1.54) is 18.9 Å². The molecule has 0 amide bonds. The van der Waals surface area contributed by atoms with Gasteiger partial charge in [0.2, 0.25) is 10.0 Å². The smallest absolute Gasteiger partial charge is 0.243 e. The van der Waals surface area contributed by atoms with Crippen LogP contribution in [0.25, 0.3) is 0 Å². The fourth-order valence-electron chi connectivity index (χ4n) is 2.68.